The van der Waals surface area contributed by atoms with Gasteiger partial charge in [0.1, 0.15) is 11.6 Å². The van der Waals surface area contributed by atoms with E-state index >= 15 is 0 Å². The number of hydrogen-bond donors (Lipinski definition) is 1. The van der Waals surface area contributed by atoms with E-state index in [0.717, 1.165) is 72.4 Å². The fourth-order valence-electron chi connectivity index (χ4n) is 8.60. The first kappa shape index (κ1) is 37.8. The van der Waals surface area contributed by atoms with Gasteiger partial charge >= 0.3 is 0 Å². The number of phenols is 1. The summed E-state index contributed by atoms with van der Waals surface area (Å²) >= 11 is 0. The van der Waals surface area contributed by atoms with Crippen LogP contribution < -0.4 is 0 Å². The van der Waals surface area contributed by atoms with Gasteiger partial charge in [-0.1, -0.05) is 145 Å². The first-order chi connectivity index (χ1) is 28.3. The molecule has 3 aromatic heterocycles. The molecule has 0 aliphatic carbocycles. The maximum absolute atomic E-state index is 12.3. The molecule has 0 aliphatic heterocycles. The topological polar surface area (TPSA) is 55.9 Å². The van der Waals surface area contributed by atoms with Gasteiger partial charge in [-0.2, -0.15) is 0 Å². The van der Waals surface area contributed by atoms with Crippen molar-refractivity contribution in [2.75, 3.05) is 0 Å². The number of para-hydroxylation sites is 3. The lowest BCUT2D eigenvalue weighted by Crippen LogP contribution is -2.17. The number of pyridine rings is 1. The molecule has 0 atom stereocenters. The molecular weight excluding hydrogens is 721 g/mol. The quantitative estimate of drug-likeness (QED) is 0.183. The highest BCUT2D eigenvalue weighted by atomic mass is 16.3. The molecule has 0 saturated heterocycles. The molecule has 0 radical (unpaired) electrons. The van der Waals surface area contributed by atoms with E-state index in [9.17, 15) is 5.11 Å². The highest BCUT2D eigenvalue weighted by molar-refractivity contribution is 5.98. The van der Waals surface area contributed by atoms with Crippen LogP contribution in [0.25, 0.3) is 78.1 Å². The molecule has 9 rings (SSSR count). The second-order valence-corrected chi connectivity index (χ2v) is 17.8. The fraction of sp³-hybridized carbons (Fsp3) is 0.185. The summed E-state index contributed by atoms with van der Waals surface area (Å²) < 4.78 is 4.56. The lowest BCUT2D eigenvalue weighted by molar-refractivity contribution is 0.446. The first-order valence-corrected chi connectivity index (χ1v) is 20.5. The highest BCUT2D eigenvalue weighted by Crippen LogP contribution is 2.45. The van der Waals surface area contributed by atoms with Gasteiger partial charge in [-0.05, 0) is 83.8 Å². The lowest BCUT2D eigenvalue weighted by Gasteiger charge is -2.27. The molecule has 0 unspecified atom stereocenters. The highest BCUT2D eigenvalue weighted by Gasteiger charge is 2.29. The molecule has 5 heteroatoms. The van der Waals surface area contributed by atoms with Gasteiger partial charge in [0, 0.05) is 56.3 Å². The molecule has 0 amide bonds. The van der Waals surface area contributed by atoms with Crippen LogP contribution in [0.2, 0.25) is 0 Å². The molecule has 3 heterocycles. The van der Waals surface area contributed by atoms with E-state index in [4.69, 9.17) is 9.97 Å². The van der Waals surface area contributed by atoms with Crippen molar-refractivity contribution in [2.45, 2.75) is 66.2 Å². The predicted molar refractivity (Wildman–Crippen MR) is 246 cm³/mol. The number of aromatic nitrogens is 4. The van der Waals surface area contributed by atoms with Crippen molar-refractivity contribution in [1.82, 2.24) is 19.1 Å². The Balaban J connectivity index is 1.27. The van der Waals surface area contributed by atoms with Crippen LogP contribution in [0, 0.1) is 13.8 Å². The molecule has 0 spiro atoms. The smallest absolute Gasteiger partial charge is 0.149 e. The number of imidazole rings is 1. The van der Waals surface area contributed by atoms with E-state index in [1.807, 2.05) is 12.3 Å². The second-order valence-electron chi connectivity index (χ2n) is 17.8. The van der Waals surface area contributed by atoms with Gasteiger partial charge in [-0.25, -0.2) is 4.98 Å². The predicted octanol–water partition coefficient (Wildman–Crippen LogP) is 13.9. The van der Waals surface area contributed by atoms with Gasteiger partial charge in [0.25, 0.3) is 0 Å². The molecule has 0 saturated carbocycles. The van der Waals surface area contributed by atoms with Crippen molar-refractivity contribution in [2.24, 2.45) is 0 Å². The van der Waals surface area contributed by atoms with Crippen LogP contribution >= 0.6 is 0 Å². The Morgan fingerprint density at radius 1 is 0.525 bits per heavy atom. The van der Waals surface area contributed by atoms with Crippen molar-refractivity contribution in [3.63, 3.8) is 0 Å². The van der Waals surface area contributed by atoms with E-state index in [-0.39, 0.29) is 16.6 Å². The van der Waals surface area contributed by atoms with E-state index in [1.54, 1.807) is 0 Å². The molecule has 9 aromatic rings. The summed E-state index contributed by atoms with van der Waals surface area (Å²) in [5, 5.41) is 14.7. The molecule has 0 aliphatic rings. The van der Waals surface area contributed by atoms with E-state index in [2.05, 4.69) is 204 Å². The number of nitrogens with zero attached hydrogens (tertiary/aromatic N) is 4. The summed E-state index contributed by atoms with van der Waals surface area (Å²) in [6.07, 6.45) is 2.02. The van der Waals surface area contributed by atoms with Crippen LogP contribution in [0.5, 0.6) is 5.75 Å². The maximum atomic E-state index is 12.3. The Kier molecular flexibility index (Phi) is 9.16. The largest absolute Gasteiger partial charge is 0.507 e. The maximum Gasteiger partial charge on any atom is 0.149 e. The minimum Gasteiger partial charge on any atom is -0.507 e. The fourth-order valence-corrected chi connectivity index (χ4v) is 8.60. The van der Waals surface area contributed by atoms with Gasteiger partial charge < -0.3 is 9.67 Å². The lowest BCUT2D eigenvalue weighted by atomic mass is 9.79. The molecule has 1 N–H and O–H groups in total. The number of hydrogen-bond acceptors (Lipinski definition) is 3. The molecule has 5 nitrogen and oxygen atoms in total. The third-order valence-corrected chi connectivity index (χ3v) is 11.8. The molecular formula is C54H50N4O. The zero-order valence-corrected chi connectivity index (χ0v) is 35.2. The Morgan fingerprint density at radius 3 is 1.88 bits per heavy atom. The van der Waals surface area contributed by atoms with Crippen molar-refractivity contribution < 1.29 is 5.11 Å². The van der Waals surface area contributed by atoms with Gasteiger partial charge in [0.05, 0.1) is 28.0 Å². The third kappa shape index (κ3) is 6.61. The van der Waals surface area contributed by atoms with Crippen molar-refractivity contribution in [3.05, 3.63) is 174 Å². The second kappa shape index (κ2) is 14.3. The first-order valence-electron chi connectivity index (χ1n) is 20.5. The van der Waals surface area contributed by atoms with Crippen LogP contribution in [-0.4, -0.2) is 24.2 Å². The van der Waals surface area contributed by atoms with Crippen LogP contribution in [0.3, 0.4) is 0 Å². The van der Waals surface area contributed by atoms with Gasteiger partial charge in [-0.3, -0.25) is 9.55 Å². The Morgan fingerprint density at radius 2 is 1.15 bits per heavy atom. The van der Waals surface area contributed by atoms with Gasteiger partial charge in [-0.15, -0.1) is 0 Å². The van der Waals surface area contributed by atoms with Crippen LogP contribution in [-0.2, 0) is 10.8 Å². The summed E-state index contributed by atoms with van der Waals surface area (Å²) in [6.45, 7) is 17.5. The van der Waals surface area contributed by atoms with Crippen molar-refractivity contribution >= 4 is 21.8 Å². The number of aromatic hydroxyl groups is 1. The standard InChI is InChI=1S/C54H50N4O/c1-34-43-32-47(55-33-45(43)35(2)57(34)40-23-13-10-14-24-40)38-22-17-21-37(29-38)42-26-18-28-49-50(42)56-52(44-30-39(53(3,4)5)31-46(51(44)59)54(6,7)8)58(49)48-27-16-15-25-41(48)36-19-11-9-12-20-36/h9-33,59H,1-8H3. The average Bonchev–Trinajstić information content (AvgIpc) is 3.74. The zero-order valence-electron chi connectivity index (χ0n) is 35.2. The molecule has 6 aromatic carbocycles. The summed E-state index contributed by atoms with van der Waals surface area (Å²) in [5.74, 6) is 0.956. The van der Waals surface area contributed by atoms with Crippen molar-refractivity contribution in [3.8, 4) is 62.0 Å². The molecule has 59 heavy (non-hydrogen) atoms. The molecule has 0 bridgehead atoms. The molecule has 0 fully saturated rings. The van der Waals surface area contributed by atoms with Crippen LogP contribution in [0.4, 0.5) is 0 Å². The molecule has 292 valence electrons. The number of benzene rings is 6. The summed E-state index contributed by atoms with van der Waals surface area (Å²) in [6, 6.07) is 51.1. The Hall–Kier alpha value is -6.72. The Labute approximate surface area is 347 Å². The minimum atomic E-state index is -0.303. The zero-order chi connectivity index (χ0) is 41.2. The normalized spacial score (nSPS) is 12.1. The van der Waals surface area contributed by atoms with Gasteiger partial charge in [0.2, 0.25) is 0 Å². The SMILES string of the molecule is Cc1c2cnc(-c3cccc(-c4cccc5c4nc(-c4cc(C(C)(C)C)cc(C(C)(C)C)c4O)n5-c4ccccc4-c4ccccc4)c3)cc2c(C)n1-c1ccccc1. The van der Waals surface area contributed by atoms with E-state index in [0.29, 0.717) is 11.4 Å². The third-order valence-electron chi connectivity index (χ3n) is 11.8. The van der Waals surface area contributed by atoms with Gasteiger partial charge in [0.15, 0.2) is 0 Å². The van der Waals surface area contributed by atoms with Crippen LogP contribution in [0.1, 0.15) is 64.1 Å². The monoisotopic (exact) mass is 770 g/mol. The number of rotatable bonds is 6. The summed E-state index contributed by atoms with van der Waals surface area (Å²) in [4.78, 5) is 10.6. The summed E-state index contributed by atoms with van der Waals surface area (Å²) in [7, 11) is 0. The average molecular weight is 771 g/mol. The number of phenolic OH excluding ortho intramolecular Hbond substituents is 1. The van der Waals surface area contributed by atoms with Crippen molar-refractivity contribution in [1.29, 1.82) is 0 Å². The summed E-state index contributed by atoms with van der Waals surface area (Å²) in [5.41, 5.74) is 14.8. The van der Waals surface area contributed by atoms with Crippen LogP contribution in [0.15, 0.2) is 152 Å². The Bertz CT molecular complexity index is 3030. The minimum absolute atomic E-state index is 0.161. The van der Waals surface area contributed by atoms with E-state index < -0.39 is 0 Å². The number of aryl methyl sites for hydroxylation is 2. The number of fused-ring (bicyclic) bond motifs is 2. The van der Waals surface area contributed by atoms with E-state index in [1.165, 1.54) is 16.8 Å².